The first-order chi connectivity index (χ1) is 13.0. The maximum atomic E-state index is 11.7. The lowest BCUT2D eigenvalue weighted by molar-refractivity contribution is -0.914. The molecule has 0 aromatic heterocycles. The Kier molecular flexibility index (Phi) is 5.71. The molecule has 2 aromatic carbocycles. The van der Waals surface area contributed by atoms with Gasteiger partial charge in [0.1, 0.15) is 12.3 Å². The fourth-order valence-electron chi connectivity index (χ4n) is 3.45. The molecule has 7 nitrogen and oxygen atoms in total. The number of quaternary nitrogens is 1. The molecule has 7 heteroatoms. The van der Waals surface area contributed by atoms with Gasteiger partial charge in [0, 0.05) is 28.9 Å². The SMILES string of the molecule is COc1ccc(C(C)=O)cc1C[NH+]1CCN(c2ccc([N+](=O)[O-])cc2)CC1. The number of ketones is 1. The Balaban J connectivity index is 1.63. The number of carbonyl (C=O) groups is 1. The molecule has 0 amide bonds. The zero-order valence-corrected chi connectivity index (χ0v) is 15.6. The molecule has 1 fully saturated rings. The zero-order chi connectivity index (χ0) is 19.4. The van der Waals surface area contributed by atoms with Gasteiger partial charge < -0.3 is 14.5 Å². The molecule has 1 aliphatic heterocycles. The smallest absolute Gasteiger partial charge is 0.269 e. The largest absolute Gasteiger partial charge is 0.496 e. The molecule has 1 heterocycles. The number of ether oxygens (including phenoxy) is 1. The first-order valence-electron chi connectivity index (χ1n) is 8.98. The Bertz CT molecular complexity index is 828. The molecule has 0 bridgehead atoms. The summed E-state index contributed by atoms with van der Waals surface area (Å²) < 4.78 is 5.45. The second kappa shape index (κ2) is 8.18. The van der Waals surface area contributed by atoms with Crippen molar-refractivity contribution in [3.63, 3.8) is 0 Å². The number of nitrogens with zero attached hydrogens (tertiary/aromatic N) is 2. The molecular formula is C20H24N3O4+. The summed E-state index contributed by atoms with van der Waals surface area (Å²) in [5.74, 6) is 0.863. The molecule has 0 radical (unpaired) electrons. The number of nitro groups is 1. The molecule has 3 rings (SSSR count). The van der Waals surface area contributed by atoms with Gasteiger partial charge in [-0.3, -0.25) is 14.9 Å². The van der Waals surface area contributed by atoms with Gasteiger partial charge >= 0.3 is 0 Å². The maximum Gasteiger partial charge on any atom is 0.269 e. The molecule has 0 saturated carbocycles. The molecule has 0 spiro atoms. The number of piperazine rings is 1. The van der Waals surface area contributed by atoms with Crippen LogP contribution in [0.15, 0.2) is 42.5 Å². The third kappa shape index (κ3) is 4.43. The molecule has 2 aromatic rings. The van der Waals surface area contributed by atoms with Gasteiger partial charge in [-0.05, 0) is 37.3 Å². The average Bonchev–Trinajstić information content (AvgIpc) is 2.68. The van der Waals surface area contributed by atoms with E-state index in [9.17, 15) is 14.9 Å². The van der Waals surface area contributed by atoms with Crippen LogP contribution in [-0.2, 0) is 6.54 Å². The third-order valence-corrected chi connectivity index (χ3v) is 5.02. The van der Waals surface area contributed by atoms with Gasteiger partial charge in [-0.15, -0.1) is 0 Å². The number of methoxy groups -OCH3 is 1. The van der Waals surface area contributed by atoms with Crippen molar-refractivity contribution < 1.29 is 19.4 Å². The van der Waals surface area contributed by atoms with Gasteiger partial charge in [-0.2, -0.15) is 0 Å². The standard InChI is InChI=1S/C20H23N3O4/c1-15(24)16-3-8-20(27-2)17(13-16)14-21-9-11-22(12-10-21)18-4-6-19(7-5-18)23(25)26/h3-8,13H,9-12,14H2,1-2H3/p+1. The maximum absolute atomic E-state index is 11.7. The van der Waals surface area contributed by atoms with Crippen molar-refractivity contribution in [3.8, 4) is 5.75 Å². The van der Waals surface area contributed by atoms with Gasteiger partial charge in [0.25, 0.3) is 5.69 Å². The Labute approximate surface area is 158 Å². The van der Waals surface area contributed by atoms with Crippen LogP contribution in [0.3, 0.4) is 0 Å². The summed E-state index contributed by atoms with van der Waals surface area (Å²) in [6.07, 6.45) is 0. The van der Waals surface area contributed by atoms with Crippen molar-refractivity contribution in [2.75, 3.05) is 38.2 Å². The van der Waals surface area contributed by atoms with Crippen LogP contribution in [0.2, 0.25) is 0 Å². The average molecular weight is 370 g/mol. The van der Waals surface area contributed by atoms with E-state index in [0.717, 1.165) is 49.7 Å². The fourth-order valence-corrected chi connectivity index (χ4v) is 3.45. The normalized spacial score (nSPS) is 14.8. The highest BCUT2D eigenvalue weighted by Crippen LogP contribution is 2.21. The second-order valence-electron chi connectivity index (χ2n) is 6.77. The van der Waals surface area contributed by atoms with Crippen molar-refractivity contribution in [3.05, 3.63) is 63.7 Å². The van der Waals surface area contributed by atoms with E-state index in [1.807, 2.05) is 24.3 Å². The van der Waals surface area contributed by atoms with E-state index in [2.05, 4.69) is 4.90 Å². The Morgan fingerprint density at radius 2 is 1.85 bits per heavy atom. The summed E-state index contributed by atoms with van der Waals surface area (Å²) >= 11 is 0. The Morgan fingerprint density at radius 3 is 2.41 bits per heavy atom. The van der Waals surface area contributed by atoms with E-state index in [1.165, 1.54) is 4.90 Å². The molecule has 1 aliphatic rings. The lowest BCUT2D eigenvalue weighted by atomic mass is 10.1. The Hall–Kier alpha value is -2.93. The van der Waals surface area contributed by atoms with Crippen LogP contribution >= 0.6 is 0 Å². The number of nitrogens with one attached hydrogen (secondary N) is 1. The van der Waals surface area contributed by atoms with Gasteiger partial charge in [-0.25, -0.2) is 0 Å². The summed E-state index contributed by atoms with van der Waals surface area (Å²) in [5, 5.41) is 10.8. The summed E-state index contributed by atoms with van der Waals surface area (Å²) in [4.78, 5) is 25.7. The molecule has 0 aliphatic carbocycles. The van der Waals surface area contributed by atoms with E-state index < -0.39 is 0 Å². The zero-order valence-electron chi connectivity index (χ0n) is 15.6. The van der Waals surface area contributed by atoms with Crippen molar-refractivity contribution in [1.82, 2.24) is 0 Å². The van der Waals surface area contributed by atoms with Crippen molar-refractivity contribution in [2.24, 2.45) is 0 Å². The van der Waals surface area contributed by atoms with Gasteiger partial charge in [0.2, 0.25) is 0 Å². The number of nitro benzene ring substituents is 1. The summed E-state index contributed by atoms with van der Waals surface area (Å²) in [7, 11) is 1.65. The van der Waals surface area contributed by atoms with E-state index >= 15 is 0 Å². The molecule has 0 atom stereocenters. The van der Waals surface area contributed by atoms with E-state index in [1.54, 1.807) is 32.2 Å². The van der Waals surface area contributed by atoms with Gasteiger partial charge in [-0.1, -0.05) is 0 Å². The second-order valence-corrected chi connectivity index (χ2v) is 6.77. The number of rotatable bonds is 6. The van der Waals surface area contributed by atoms with Crippen molar-refractivity contribution in [1.29, 1.82) is 0 Å². The highest BCUT2D eigenvalue weighted by molar-refractivity contribution is 5.94. The first kappa shape index (κ1) is 18.8. The van der Waals surface area contributed by atoms with Gasteiger partial charge in [0.05, 0.1) is 38.2 Å². The molecule has 27 heavy (non-hydrogen) atoms. The fraction of sp³-hybridized carbons (Fsp3) is 0.350. The number of hydrogen-bond acceptors (Lipinski definition) is 5. The lowest BCUT2D eigenvalue weighted by Gasteiger charge is -2.33. The molecule has 0 unspecified atom stereocenters. The predicted molar refractivity (Wildman–Crippen MR) is 103 cm³/mol. The minimum absolute atomic E-state index is 0.0527. The van der Waals surface area contributed by atoms with Gasteiger partial charge in [0.15, 0.2) is 5.78 Å². The van der Waals surface area contributed by atoms with Crippen LogP contribution in [-0.4, -0.2) is 44.0 Å². The number of non-ortho nitro benzene ring substituents is 1. The van der Waals surface area contributed by atoms with E-state index in [4.69, 9.17) is 4.74 Å². The van der Waals surface area contributed by atoms with Crippen LogP contribution in [0.1, 0.15) is 22.8 Å². The summed E-state index contributed by atoms with van der Waals surface area (Å²) in [5.41, 5.74) is 2.87. The minimum Gasteiger partial charge on any atom is -0.496 e. The highest BCUT2D eigenvalue weighted by Gasteiger charge is 2.22. The summed E-state index contributed by atoms with van der Waals surface area (Å²) in [6.45, 7) is 6.03. The molecular weight excluding hydrogens is 346 g/mol. The van der Waals surface area contributed by atoms with Crippen LogP contribution in [0.25, 0.3) is 0 Å². The number of benzene rings is 2. The monoisotopic (exact) mass is 370 g/mol. The van der Waals surface area contributed by atoms with E-state index in [-0.39, 0.29) is 16.4 Å². The number of Topliss-reactive ketones (excluding diaryl/α,β-unsaturated/α-hetero) is 1. The molecule has 1 saturated heterocycles. The first-order valence-corrected chi connectivity index (χ1v) is 8.98. The van der Waals surface area contributed by atoms with Crippen molar-refractivity contribution in [2.45, 2.75) is 13.5 Å². The quantitative estimate of drug-likeness (QED) is 0.476. The number of hydrogen-bond donors (Lipinski definition) is 1. The third-order valence-electron chi connectivity index (χ3n) is 5.02. The summed E-state index contributed by atoms with van der Waals surface area (Å²) in [6, 6.07) is 12.3. The molecule has 1 N–H and O–H groups in total. The van der Waals surface area contributed by atoms with Crippen LogP contribution in [0.4, 0.5) is 11.4 Å². The van der Waals surface area contributed by atoms with Crippen LogP contribution in [0.5, 0.6) is 5.75 Å². The number of carbonyl (C=O) groups excluding carboxylic acids is 1. The minimum atomic E-state index is -0.381. The predicted octanol–water partition coefficient (Wildman–Crippen LogP) is 1.71. The van der Waals surface area contributed by atoms with Crippen molar-refractivity contribution >= 4 is 17.2 Å². The van der Waals surface area contributed by atoms with Crippen LogP contribution in [0, 0.1) is 10.1 Å². The Morgan fingerprint density at radius 1 is 1.19 bits per heavy atom. The molecule has 142 valence electrons. The lowest BCUT2D eigenvalue weighted by Crippen LogP contribution is -3.13. The van der Waals surface area contributed by atoms with Crippen LogP contribution < -0.4 is 14.5 Å². The number of anilines is 1. The highest BCUT2D eigenvalue weighted by atomic mass is 16.6. The van der Waals surface area contributed by atoms with E-state index in [0.29, 0.717) is 5.56 Å². The topological polar surface area (TPSA) is 77.1 Å².